The molecule has 2 aliphatic rings. The van der Waals surface area contributed by atoms with Crippen LogP contribution in [0.2, 0.25) is 0 Å². The van der Waals surface area contributed by atoms with Crippen LogP contribution in [0.25, 0.3) is 0 Å². The second kappa shape index (κ2) is 6.40. The first-order valence-corrected chi connectivity index (χ1v) is 7.92. The highest BCUT2D eigenvalue weighted by Gasteiger charge is 2.16. The van der Waals surface area contributed by atoms with Gasteiger partial charge in [-0.25, -0.2) is 0 Å². The summed E-state index contributed by atoms with van der Waals surface area (Å²) >= 11 is 0. The minimum absolute atomic E-state index is 0.309. The Balaban J connectivity index is 1.56. The van der Waals surface area contributed by atoms with Crippen LogP contribution in [0.4, 0.5) is 0 Å². The minimum Gasteiger partial charge on any atom is -0.340 e. The van der Waals surface area contributed by atoms with Crippen LogP contribution in [0.5, 0.6) is 0 Å². The summed E-state index contributed by atoms with van der Waals surface area (Å²) in [6.07, 6.45) is 6.63. The summed E-state index contributed by atoms with van der Waals surface area (Å²) in [5.41, 5.74) is 4.37. The molecule has 108 valence electrons. The Morgan fingerprint density at radius 1 is 1.10 bits per heavy atom. The van der Waals surface area contributed by atoms with Crippen molar-refractivity contribution in [2.24, 2.45) is 0 Å². The van der Waals surface area contributed by atoms with Crippen molar-refractivity contribution < 1.29 is 4.79 Å². The molecule has 1 saturated heterocycles. The van der Waals surface area contributed by atoms with Crippen LogP contribution in [0.1, 0.15) is 36.0 Å². The number of piperazine rings is 1. The molecule has 1 fully saturated rings. The topological polar surface area (TPSA) is 32.3 Å². The molecule has 0 aromatic heterocycles. The zero-order valence-corrected chi connectivity index (χ0v) is 12.2. The molecule has 1 amide bonds. The third-order valence-corrected chi connectivity index (χ3v) is 4.51. The molecule has 3 nitrogen and oxygen atoms in total. The van der Waals surface area contributed by atoms with E-state index < -0.39 is 0 Å². The molecule has 1 aromatic carbocycles. The Hall–Kier alpha value is -1.35. The SMILES string of the molecule is O=C(CCc1ccc2c(c1)CCCC2)N1CCNCC1. The van der Waals surface area contributed by atoms with Crippen LogP contribution >= 0.6 is 0 Å². The van der Waals surface area contributed by atoms with Crippen LogP contribution < -0.4 is 5.32 Å². The second-order valence-electron chi connectivity index (χ2n) is 5.94. The van der Waals surface area contributed by atoms with Gasteiger partial charge in [-0.15, -0.1) is 0 Å². The van der Waals surface area contributed by atoms with E-state index in [0.717, 1.165) is 32.6 Å². The molecule has 0 bridgehead atoms. The lowest BCUT2D eigenvalue weighted by Gasteiger charge is -2.27. The summed E-state index contributed by atoms with van der Waals surface area (Å²) in [4.78, 5) is 14.2. The number of carbonyl (C=O) groups is 1. The molecule has 1 N–H and O–H groups in total. The molecule has 3 rings (SSSR count). The minimum atomic E-state index is 0.309. The number of fused-ring (bicyclic) bond motifs is 1. The molecule has 1 aliphatic carbocycles. The van der Waals surface area contributed by atoms with Crippen LogP contribution in [-0.4, -0.2) is 37.0 Å². The third-order valence-electron chi connectivity index (χ3n) is 4.51. The molecule has 1 aliphatic heterocycles. The summed E-state index contributed by atoms with van der Waals surface area (Å²) in [7, 11) is 0. The zero-order valence-electron chi connectivity index (χ0n) is 12.2. The molecule has 1 heterocycles. The molecule has 3 heteroatoms. The van der Waals surface area contributed by atoms with Gasteiger partial charge in [-0.05, 0) is 48.8 Å². The number of amides is 1. The Kier molecular flexibility index (Phi) is 4.36. The quantitative estimate of drug-likeness (QED) is 0.912. The van der Waals surface area contributed by atoms with E-state index in [9.17, 15) is 4.79 Å². The van der Waals surface area contributed by atoms with Crippen molar-refractivity contribution in [1.82, 2.24) is 10.2 Å². The van der Waals surface area contributed by atoms with E-state index >= 15 is 0 Å². The normalized spacial score (nSPS) is 18.7. The predicted molar refractivity (Wildman–Crippen MR) is 80.9 cm³/mol. The molecule has 0 spiro atoms. The van der Waals surface area contributed by atoms with Crippen molar-refractivity contribution in [2.75, 3.05) is 26.2 Å². The van der Waals surface area contributed by atoms with Crippen molar-refractivity contribution in [1.29, 1.82) is 0 Å². The maximum absolute atomic E-state index is 12.2. The van der Waals surface area contributed by atoms with Crippen LogP contribution in [0, 0.1) is 0 Å². The second-order valence-corrected chi connectivity index (χ2v) is 5.94. The van der Waals surface area contributed by atoms with Crippen molar-refractivity contribution in [3.8, 4) is 0 Å². The van der Waals surface area contributed by atoms with E-state index in [4.69, 9.17) is 0 Å². The van der Waals surface area contributed by atoms with E-state index in [1.807, 2.05) is 4.90 Å². The summed E-state index contributed by atoms with van der Waals surface area (Å²) < 4.78 is 0. The fourth-order valence-electron chi connectivity index (χ4n) is 3.27. The fourth-order valence-corrected chi connectivity index (χ4v) is 3.27. The Labute approximate surface area is 121 Å². The van der Waals surface area contributed by atoms with Crippen molar-refractivity contribution in [3.05, 3.63) is 34.9 Å². The summed E-state index contributed by atoms with van der Waals surface area (Å²) in [5.74, 6) is 0.309. The van der Waals surface area contributed by atoms with E-state index in [-0.39, 0.29) is 0 Å². The van der Waals surface area contributed by atoms with Crippen molar-refractivity contribution in [2.45, 2.75) is 38.5 Å². The molecule has 0 radical (unpaired) electrons. The average molecular weight is 272 g/mol. The number of hydrogen-bond acceptors (Lipinski definition) is 2. The van der Waals surface area contributed by atoms with Gasteiger partial charge in [-0.2, -0.15) is 0 Å². The summed E-state index contributed by atoms with van der Waals surface area (Å²) in [6, 6.07) is 6.83. The van der Waals surface area contributed by atoms with Crippen LogP contribution in [-0.2, 0) is 24.1 Å². The first-order chi connectivity index (χ1) is 9.83. The first kappa shape index (κ1) is 13.6. The van der Waals surface area contributed by atoms with Gasteiger partial charge in [0.1, 0.15) is 0 Å². The fraction of sp³-hybridized carbons (Fsp3) is 0.588. The van der Waals surface area contributed by atoms with Gasteiger partial charge in [-0.1, -0.05) is 18.2 Å². The Bertz CT molecular complexity index is 478. The number of nitrogens with zero attached hydrogens (tertiary/aromatic N) is 1. The van der Waals surface area contributed by atoms with Gasteiger partial charge in [0.05, 0.1) is 0 Å². The van der Waals surface area contributed by atoms with Crippen LogP contribution in [0.3, 0.4) is 0 Å². The zero-order chi connectivity index (χ0) is 13.8. The molecule has 20 heavy (non-hydrogen) atoms. The maximum Gasteiger partial charge on any atom is 0.222 e. The van der Waals surface area contributed by atoms with E-state index in [2.05, 4.69) is 23.5 Å². The number of hydrogen-bond donors (Lipinski definition) is 1. The monoisotopic (exact) mass is 272 g/mol. The van der Waals surface area contributed by atoms with Gasteiger partial charge in [0.25, 0.3) is 0 Å². The molecule has 0 atom stereocenters. The molecule has 0 saturated carbocycles. The standard InChI is InChI=1S/C17H24N2O/c20-17(19-11-9-18-10-12-19)8-6-14-5-7-15-3-1-2-4-16(15)13-14/h5,7,13,18H,1-4,6,8-12H2. The number of carbonyl (C=O) groups excluding carboxylic acids is 1. The first-order valence-electron chi connectivity index (χ1n) is 7.92. The summed E-state index contributed by atoms with van der Waals surface area (Å²) in [5, 5.41) is 3.28. The Morgan fingerprint density at radius 2 is 1.85 bits per heavy atom. The lowest BCUT2D eigenvalue weighted by atomic mass is 9.90. The van der Waals surface area contributed by atoms with E-state index in [0.29, 0.717) is 12.3 Å². The van der Waals surface area contributed by atoms with Gasteiger partial charge >= 0.3 is 0 Å². The third kappa shape index (κ3) is 3.21. The van der Waals surface area contributed by atoms with Crippen molar-refractivity contribution >= 4 is 5.91 Å². The van der Waals surface area contributed by atoms with Gasteiger partial charge in [0.15, 0.2) is 0 Å². The highest BCUT2D eigenvalue weighted by atomic mass is 16.2. The number of benzene rings is 1. The summed E-state index contributed by atoms with van der Waals surface area (Å²) in [6.45, 7) is 3.60. The van der Waals surface area contributed by atoms with Gasteiger partial charge in [0.2, 0.25) is 5.91 Å². The highest BCUT2D eigenvalue weighted by molar-refractivity contribution is 5.76. The highest BCUT2D eigenvalue weighted by Crippen LogP contribution is 2.22. The largest absolute Gasteiger partial charge is 0.340 e. The number of rotatable bonds is 3. The van der Waals surface area contributed by atoms with Gasteiger partial charge < -0.3 is 10.2 Å². The van der Waals surface area contributed by atoms with Gasteiger partial charge in [-0.3, -0.25) is 4.79 Å². The lowest BCUT2D eigenvalue weighted by Crippen LogP contribution is -2.46. The van der Waals surface area contributed by atoms with E-state index in [1.165, 1.54) is 42.4 Å². The smallest absolute Gasteiger partial charge is 0.222 e. The van der Waals surface area contributed by atoms with Gasteiger partial charge in [0, 0.05) is 32.6 Å². The Morgan fingerprint density at radius 3 is 2.65 bits per heavy atom. The number of aryl methyl sites for hydroxylation is 3. The number of nitrogens with one attached hydrogen (secondary N) is 1. The lowest BCUT2D eigenvalue weighted by molar-refractivity contribution is -0.131. The predicted octanol–water partition coefficient (Wildman–Crippen LogP) is 1.93. The maximum atomic E-state index is 12.2. The van der Waals surface area contributed by atoms with E-state index in [1.54, 1.807) is 0 Å². The molecule has 1 aromatic rings. The van der Waals surface area contributed by atoms with Crippen LogP contribution in [0.15, 0.2) is 18.2 Å². The average Bonchev–Trinajstić information content (AvgIpc) is 2.53. The molecular weight excluding hydrogens is 248 g/mol. The molecular formula is C17H24N2O. The van der Waals surface area contributed by atoms with Crippen molar-refractivity contribution in [3.63, 3.8) is 0 Å². The molecule has 0 unspecified atom stereocenters.